The van der Waals surface area contributed by atoms with Gasteiger partial charge in [0.2, 0.25) is 0 Å². The van der Waals surface area contributed by atoms with Crippen LogP contribution in [0.2, 0.25) is 0 Å². The number of fused-ring (bicyclic) bond motifs is 2. The third-order valence-corrected chi connectivity index (χ3v) is 5.09. The molecule has 0 aliphatic carbocycles. The van der Waals surface area contributed by atoms with Crippen molar-refractivity contribution in [1.29, 1.82) is 0 Å². The number of carbonyl (C=O) groups is 1. The van der Waals surface area contributed by atoms with Crippen LogP contribution >= 0.6 is 0 Å². The van der Waals surface area contributed by atoms with E-state index in [0.717, 1.165) is 11.0 Å². The van der Waals surface area contributed by atoms with Crippen LogP contribution in [0.4, 0.5) is 0 Å². The van der Waals surface area contributed by atoms with Crippen molar-refractivity contribution in [3.05, 3.63) is 95.0 Å². The van der Waals surface area contributed by atoms with Crippen LogP contribution in [0.5, 0.6) is 0 Å². The van der Waals surface area contributed by atoms with Crippen molar-refractivity contribution in [3.8, 4) is 11.4 Å². The van der Waals surface area contributed by atoms with Crippen LogP contribution in [0.3, 0.4) is 0 Å². The van der Waals surface area contributed by atoms with E-state index in [2.05, 4.69) is 15.0 Å². The molecule has 0 saturated heterocycles. The number of aromatic amines is 1. The minimum absolute atomic E-state index is 0.0488. The largest absolute Gasteiger partial charge is 0.460 e. The highest BCUT2D eigenvalue weighted by atomic mass is 16.5. The number of H-pyrrole nitrogens is 1. The average Bonchev–Trinajstić information content (AvgIpc) is 3.25. The lowest BCUT2D eigenvalue weighted by Crippen LogP contribution is -2.23. The van der Waals surface area contributed by atoms with Gasteiger partial charge in [0.1, 0.15) is 12.4 Å². The van der Waals surface area contributed by atoms with Crippen molar-refractivity contribution < 1.29 is 9.53 Å². The fourth-order valence-corrected chi connectivity index (χ4v) is 3.53. The van der Waals surface area contributed by atoms with Crippen molar-refractivity contribution in [2.45, 2.75) is 6.54 Å². The predicted octanol–water partition coefficient (Wildman–Crippen LogP) is 3.80. The van der Waals surface area contributed by atoms with E-state index in [1.807, 2.05) is 42.5 Å². The van der Waals surface area contributed by atoms with Gasteiger partial charge in [0, 0.05) is 5.56 Å². The van der Waals surface area contributed by atoms with Crippen molar-refractivity contribution in [2.75, 3.05) is 6.61 Å². The third kappa shape index (κ3) is 3.57. The van der Waals surface area contributed by atoms with Gasteiger partial charge < -0.3 is 9.72 Å². The topological polar surface area (TPSA) is 89.9 Å². The predicted molar refractivity (Wildman–Crippen MR) is 118 cm³/mol. The minimum Gasteiger partial charge on any atom is -0.460 e. The van der Waals surface area contributed by atoms with Crippen LogP contribution in [0, 0.1) is 0 Å². The minimum atomic E-state index is -0.474. The standard InChI is InChI=1S/C24H18N4O3/c29-23-18-9-3-4-10-19(18)25-15-28(23)13-14-31-24(30)17-8-2-1-7-16(17)22-26-20-11-5-6-12-21(20)27-22/h1-12,15H,13-14H2,(H,26,27). The van der Waals surface area contributed by atoms with Gasteiger partial charge >= 0.3 is 5.97 Å². The maximum absolute atomic E-state index is 12.8. The Labute approximate surface area is 177 Å². The molecule has 0 saturated carbocycles. The molecule has 0 fully saturated rings. The van der Waals surface area contributed by atoms with Gasteiger partial charge in [-0.3, -0.25) is 9.36 Å². The second kappa shape index (κ2) is 7.87. The first-order valence-electron chi connectivity index (χ1n) is 9.86. The van der Waals surface area contributed by atoms with E-state index >= 15 is 0 Å². The summed E-state index contributed by atoms with van der Waals surface area (Å²) in [5, 5.41) is 0.534. The summed E-state index contributed by atoms with van der Waals surface area (Å²) in [6.45, 7) is 0.266. The van der Waals surface area contributed by atoms with Crippen LogP contribution < -0.4 is 5.56 Å². The molecule has 7 heteroatoms. The monoisotopic (exact) mass is 410 g/mol. The molecule has 31 heavy (non-hydrogen) atoms. The van der Waals surface area contributed by atoms with Gasteiger partial charge in [0.05, 0.1) is 40.4 Å². The van der Waals surface area contributed by atoms with E-state index in [1.54, 1.807) is 30.3 Å². The van der Waals surface area contributed by atoms with Crippen molar-refractivity contribution in [3.63, 3.8) is 0 Å². The summed E-state index contributed by atoms with van der Waals surface area (Å²) in [5.74, 6) is 0.126. The summed E-state index contributed by atoms with van der Waals surface area (Å²) in [5.41, 5.74) is 3.26. The molecule has 7 nitrogen and oxygen atoms in total. The Balaban J connectivity index is 1.35. The van der Waals surface area contributed by atoms with Crippen LogP contribution in [0.1, 0.15) is 10.4 Å². The van der Waals surface area contributed by atoms with Gasteiger partial charge in [0.25, 0.3) is 5.56 Å². The zero-order valence-electron chi connectivity index (χ0n) is 16.5. The zero-order chi connectivity index (χ0) is 21.2. The molecular formula is C24H18N4O3. The first-order chi connectivity index (χ1) is 15.2. The lowest BCUT2D eigenvalue weighted by Gasteiger charge is -2.10. The first kappa shape index (κ1) is 18.7. The molecule has 0 radical (unpaired) electrons. The molecule has 5 rings (SSSR count). The normalized spacial score (nSPS) is 11.1. The highest BCUT2D eigenvalue weighted by Crippen LogP contribution is 2.24. The van der Waals surface area contributed by atoms with Crippen LogP contribution in [0.25, 0.3) is 33.3 Å². The summed E-state index contributed by atoms with van der Waals surface area (Å²) in [6.07, 6.45) is 1.47. The summed E-state index contributed by atoms with van der Waals surface area (Å²) in [6, 6.07) is 22.0. The van der Waals surface area contributed by atoms with Crippen LogP contribution in [-0.2, 0) is 11.3 Å². The molecular weight excluding hydrogens is 392 g/mol. The third-order valence-electron chi connectivity index (χ3n) is 5.09. The van der Waals surface area contributed by atoms with Crippen LogP contribution in [0.15, 0.2) is 83.9 Å². The summed E-state index contributed by atoms with van der Waals surface area (Å²) < 4.78 is 6.91. The molecule has 0 amide bonds. The Bertz CT molecular complexity index is 1440. The molecule has 2 heterocycles. The molecule has 1 N–H and O–H groups in total. The second-order valence-corrected chi connectivity index (χ2v) is 7.04. The lowest BCUT2D eigenvalue weighted by molar-refractivity contribution is 0.0491. The summed E-state index contributed by atoms with van der Waals surface area (Å²) in [7, 11) is 0. The molecule has 0 unspecified atom stereocenters. The Hall–Kier alpha value is -4.26. The SMILES string of the molecule is O=C(OCCn1cnc2ccccc2c1=O)c1ccccc1-c1nc2ccccc2[nH]1. The molecule has 0 spiro atoms. The number of carbonyl (C=O) groups excluding carboxylic acids is 1. The Morgan fingerprint density at radius 3 is 2.55 bits per heavy atom. The highest BCUT2D eigenvalue weighted by molar-refractivity contribution is 5.97. The smallest absolute Gasteiger partial charge is 0.338 e. The number of aromatic nitrogens is 4. The van der Waals surface area contributed by atoms with Crippen molar-refractivity contribution in [1.82, 2.24) is 19.5 Å². The lowest BCUT2D eigenvalue weighted by atomic mass is 10.1. The molecule has 0 atom stereocenters. The number of hydrogen-bond donors (Lipinski definition) is 1. The summed E-state index contributed by atoms with van der Waals surface area (Å²) >= 11 is 0. The quantitative estimate of drug-likeness (QED) is 0.445. The Morgan fingerprint density at radius 1 is 0.935 bits per heavy atom. The number of rotatable bonds is 5. The number of hydrogen-bond acceptors (Lipinski definition) is 5. The number of nitrogens with one attached hydrogen (secondary N) is 1. The number of imidazole rings is 1. The molecule has 0 bridgehead atoms. The molecule has 0 aliphatic rings. The number of esters is 1. The van der Waals surface area contributed by atoms with Gasteiger partial charge in [-0.1, -0.05) is 42.5 Å². The van der Waals surface area contributed by atoms with Gasteiger partial charge in [-0.05, 0) is 30.3 Å². The maximum Gasteiger partial charge on any atom is 0.338 e. The fraction of sp³-hybridized carbons (Fsp3) is 0.0833. The van der Waals surface area contributed by atoms with Gasteiger partial charge in [0.15, 0.2) is 0 Å². The van der Waals surface area contributed by atoms with E-state index in [-0.39, 0.29) is 18.7 Å². The van der Waals surface area contributed by atoms with Gasteiger partial charge in [-0.25, -0.2) is 14.8 Å². The maximum atomic E-state index is 12.8. The molecule has 0 aliphatic heterocycles. The molecule has 3 aromatic carbocycles. The Morgan fingerprint density at radius 2 is 1.68 bits per heavy atom. The van der Waals surface area contributed by atoms with E-state index in [9.17, 15) is 9.59 Å². The van der Waals surface area contributed by atoms with E-state index < -0.39 is 5.97 Å². The second-order valence-electron chi connectivity index (χ2n) is 7.04. The summed E-state index contributed by atoms with van der Waals surface area (Å²) in [4.78, 5) is 37.4. The molecule has 5 aromatic rings. The molecule has 152 valence electrons. The fourth-order valence-electron chi connectivity index (χ4n) is 3.53. The number of ether oxygens (including phenoxy) is 1. The van der Waals surface area contributed by atoms with E-state index in [4.69, 9.17) is 4.74 Å². The van der Waals surface area contributed by atoms with E-state index in [0.29, 0.717) is 27.9 Å². The number of para-hydroxylation sites is 3. The van der Waals surface area contributed by atoms with Crippen molar-refractivity contribution in [2.24, 2.45) is 0 Å². The van der Waals surface area contributed by atoms with Gasteiger partial charge in [-0.2, -0.15) is 0 Å². The molecule has 2 aromatic heterocycles. The van der Waals surface area contributed by atoms with E-state index in [1.165, 1.54) is 10.9 Å². The average molecular weight is 410 g/mol. The Kier molecular flexibility index (Phi) is 4.76. The first-order valence-corrected chi connectivity index (χ1v) is 9.86. The highest BCUT2D eigenvalue weighted by Gasteiger charge is 2.16. The zero-order valence-corrected chi connectivity index (χ0v) is 16.5. The van der Waals surface area contributed by atoms with Crippen molar-refractivity contribution >= 4 is 27.9 Å². The number of nitrogens with zero attached hydrogens (tertiary/aromatic N) is 3. The number of benzene rings is 3. The van der Waals surface area contributed by atoms with Gasteiger partial charge in [-0.15, -0.1) is 0 Å². The van der Waals surface area contributed by atoms with Crippen LogP contribution in [-0.4, -0.2) is 32.1 Å².